The minimum atomic E-state index is 0.177. The van der Waals surface area contributed by atoms with Gasteiger partial charge in [0.1, 0.15) is 11.5 Å². The van der Waals surface area contributed by atoms with Crippen LogP contribution in [0.1, 0.15) is 61.6 Å². The van der Waals surface area contributed by atoms with Gasteiger partial charge in [-0.15, -0.1) is 0 Å². The van der Waals surface area contributed by atoms with Gasteiger partial charge in [-0.25, -0.2) is 0 Å². The van der Waals surface area contributed by atoms with Crippen molar-refractivity contribution in [3.63, 3.8) is 0 Å². The maximum Gasteiger partial charge on any atom is 0.121 e. The highest BCUT2D eigenvalue weighted by Crippen LogP contribution is 2.38. The third kappa shape index (κ3) is 3.89. The summed E-state index contributed by atoms with van der Waals surface area (Å²) in [5.74, 6) is 0.961. The lowest BCUT2D eigenvalue weighted by Crippen LogP contribution is -2.10. The van der Waals surface area contributed by atoms with Crippen LogP contribution < -0.4 is 0 Å². The molecule has 3 rings (SSSR count). The van der Waals surface area contributed by atoms with Gasteiger partial charge in [-0.1, -0.05) is 42.0 Å². The fraction of sp³-hybridized carbons (Fsp3) is 0.333. The van der Waals surface area contributed by atoms with Crippen molar-refractivity contribution in [2.75, 3.05) is 0 Å². The van der Waals surface area contributed by atoms with Crippen molar-refractivity contribution in [1.29, 1.82) is 0 Å². The van der Waals surface area contributed by atoms with E-state index in [1.165, 1.54) is 22.3 Å². The number of benzene rings is 3. The van der Waals surface area contributed by atoms with Crippen LogP contribution in [-0.4, -0.2) is 10.2 Å². The Bertz CT molecular complexity index is 1060. The topological polar surface area (TPSA) is 40.5 Å². The van der Waals surface area contributed by atoms with E-state index in [1.54, 1.807) is 0 Å². The van der Waals surface area contributed by atoms with Crippen LogP contribution in [0.5, 0.6) is 11.5 Å². The van der Waals surface area contributed by atoms with Crippen LogP contribution in [-0.2, 0) is 6.42 Å². The average molecular weight is 389 g/mol. The molecule has 0 saturated carbocycles. The summed E-state index contributed by atoms with van der Waals surface area (Å²) in [5.41, 5.74) is 11.1. The zero-order valence-electron chi connectivity index (χ0n) is 18.6. The maximum absolute atomic E-state index is 10.4. The second kappa shape index (κ2) is 7.94. The fourth-order valence-electron chi connectivity index (χ4n) is 4.25. The van der Waals surface area contributed by atoms with E-state index in [-0.39, 0.29) is 5.92 Å². The molecule has 1 unspecified atom stereocenters. The normalized spacial score (nSPS) is 12.2. The molecule has 0 fully saturated rings. The monoisotopic (exact) mass is 388 g/mol. The van der Waals surface area contributed by atoms with E-state index in [0.717, 1.165) is 39.8 Å². The van der Waals surface area contributed by atoms with Gasteiger partial charge in [-0.3, -0.25) is 0 Å². The first-order chi connectivity index (χ1) is 13.6. The second-order valence-corrected chi connectivity index (χ2v) is 8.50. The molecule has 3 aromatic carbocycles. The van der Waals surface area contributed by atoms with Crippen LogP contribution in [0.15, 0.2) is 36.4 Å². The lowest BCUT2D eigenvalue weighted by Gasteiger charge is -2.25. The SMILES string of the molecule is Cc1ccc(C(Cc2cc(C)c(O)c(C)c2C)c2cc(C)c(O)c(C)c2C)cc1. The highest BCUT2D eigenvalue weighted by Gasteiger charge is 2.22. The van der Waals surface area contributed by atoms with Gasteiger partial charge in [-0.05, 0) is 105 Å². The van der Waals surface area contributed by atoms with Gasteiger partial charge in [0.25, 0.3) is 0 Å². The molecule has 0 spiro atoms. The molecule has 0 heterocycles. The number of phenolic OH excluding ortho intramolecular Hbond substituents is 2. The first-order valence-corrected chi connectivity index (χ1v) is 10.3. The summed E-state index contributed by atoms with van der Waals surface area (Å²) in [7, 11) is 0. The van der Waals surface area contributed by atoms with Gasteiger partial charge < -0.3 is 10.2 Å². The van der Waals surface area contributed by atoms with Gasteiger partial charge in [-0.2, -0.15) is 0 Å². The average Bonchev–Trinajstić information content (AvgIpc) is 2.70. The minimum Gasteiger partial charge on any atom is -0.507 e. The van der Waals surface area contributed by atoms with Crippen molar-refractivity contribution in [3.05, 3.63) is 92.0 Å². The number of phenols is 2. The fourth-order valence-corrected chi connectivity index (χ4v) is 4.25. The van der Waals surface area contributed by atoms with E-state index in [9.17, 15) is 10.2 Å². The predicted octanol–water partition coefficient (Wildman–Crippen LogP) is 6.63. The van der Waals surface area contributed by atoms with Crippen molar-refractivity contribution in [2.45, 2.75) is 60.8 Å². The van der Waals surface area contributed by atoms with Crippen LogP contribution in [0.4, 0.5) is 0 Å². The van der Waals surface area contributed by atoms with Gasteiger partial charge in [0.15, 0.2) is 0 Å². The summed E-state index contributed by atoms with van der Waals surface area (Å²) in [6.07, 6.45) is 0.849. The first-order valence-electron chi connectivity index (χ1n) is 10.3. The Morgan fingerprint density at radius 1 is 0.655 bits per heavy atom. The molecular formula is C27H32O2. The molecule has 0 radical (unpaired) electrons. The van der Waals surface area contributed by atoms with Gasteiger partial charge in [0.2, 0.25) is 0 Å². The third-order valence-electron chi connectivity index (χ3n) is 6.54. The van der Waals surface area contributed by atoms with Crippen molar-refractivity contribution >= 4 is 0 Å². The van der Waals surface area contributed by atoms with Crippen LogP contribution in [0.3, 0.4) is 0 Å². The lowest BCUT2D eigenvalue weighted by molar-refractivity contribution is 0.465. The van der Waals surface area contributed by atoms with E-state index in [1.807, 2.05) is 27.7 Å². The van der Waals surface area contributed by atoms with Gasteiger partial charge in [0.05, 0.1) is 0 Å². The predicted molar refractivity (Wildman–Crippen MR) is 121 cm³/mol. The molecule has 2 N–H and O–H groups in total. The zero-order chi connectivity index (χ0) is 21.5. The van der Waals surface area contributed by atoms with Crippen LogP contribution >= 0.6 is 0 Å². The van der Waals surface area contributed by atoms with Crippen LogP contribution in [0, 0.1) is 48.5 Å². The maximum atomic E-state index is 10.4. The first kappa shape index (κ1) is 21.0. The summed E-state index contributed by atoms with van der Waals surface area (Å²) in [4.78, 5) is 0. The summed E-state index contributed by atoms with van der Waals surface area (Å²) in [6, 6.07) is 13.0. The molecule has 1 atom stereocenters. The molecule has 29 heavy (non-hydrogen) atoms. The summed E-state index contributed by atoms with van der Waals surface area (Å²) < 4.78 is 0. The molecule has 2 heteroatoms. The second-order valence-electron chi connectivity index (χ2n) is 8.50. The summed E-state index contributed by atoms with van der Waals surface area (Å²) in [6.45, 7) is 14.2. The molecule has 0 aliphatic carbocycles. The molecule has 0 amide bonds. The van der Waals surface area contributed by atoms with Gasteiger partial charge >= 0.3 is 0 Å². The van der Waals surface area contributed by atoms with Crippen molar-refractivity contribution in [1.82, 2.24) is 0 Å². The van der Waals surface area contributed by atoms with E-state index < -0.39 is 0 Å². The molecule has 3 aromatic rings. The molecule has 152 valence electrons. The van der Waals surface area contributed by atoms with E-state index in [2.05, 4.69) is 57.2 Å². The summed E-state index contributed by atoms with van der Waals surface area (Å²) >= 11 is 0. The zero-order valence-corrected chi connectivity index (χ0v) is 18.6. The number of hydrogen-bond acceptors (Lipinski definition) is 2. The minimum absolute atomic E-state index is 0.177. The van der Waals surface area contributed by atoms with Crippen molar-refractivity contribution in [3.8, 4) is 11.5 Å². The smallest absolute Gasteiger partial charge is 0.121 e. The van der Waals surface area contributed by atoms with Crippen molar-refractivity contribution in [2.24, 2.45) is 0 Å². The number of rotatable bonds is 4. The molecule has 2 nitrogen and oxygen atoms in total. The van der Waals surface area contributed by atoms with E-state index in [0.29, 0.717) is 11.5 Å². The Morgan fingerprint density at radius 3 is 1.76 bits per heavy atom. The largest absolute Gasteiger partial charge is 0.507 e. The van der Waals surface area contributed by atoms with Crippen LogP contribution in [0.25, 0.3) is 0 Å². The molecule has 0 aliphatic heterocycles. The number of hydrogen-bond donors (Lipinski definition) is 2. The Hall–Kier alpha value is -2.74. The highest BCUT2D eigenvalue weighted by molar-refractivity contribution is 5.53. The molecule has 0 bridgehead atoms. The van der Waals surface area contributed by atoms with E-state index in [4.69, 9.17) is 0 Å². The Morgan fingerprint density at radius 2 is 1.17 bits per heavy atom. The quantitative estimate of drug-likeness (QED) is 0.526. The molecular weight excluding hydrogens is 356 g/mol. The molecule has 0 aromatic heterocycles. The molecule has 0 aliphatic rings. The Kier molecular flexibility index (Phi) is 5.75. The number of aromatic hydroxyl groups is 2. The van der Waals surface area contributed by atoms with Crippen LogP contribution in [0.2, 0.25) is 0 Å². The highest BCUT2D eigenvalue weighted by atomic mass is 16.3. The lowest BCUT2D eigenvalue weighted by atomic mass is 9.80. The third-order valence-corrected chi connectivity index (χ3v) is 6.54. The molecule has 0 saturated heterocycles. The van der Waals surface area contributed by atoms with E-state index >= 15 is 0 Å². The summed E-state index contributed by atoms with van der Waals surface area (Å²) in [5, 5.41) is 20.7. The van der Waals surface area contributed by atoms with Crippen molar-refractivity contribution < 1.29 is 10.2 Å². The Labute approximate surface area is 174 Å². The van der Waals surface area contributed by atoms with Gasteiger partial charge in [0, 0.05) is 5.92 Å². The Balaban J connectivity index is 2.20. The number of aryl methyl sites for hydroxylation is 3. The standard InChI is InChI=1S/C27H32O2/c1-15-8-10-22(11-9-15)25(24-13-17(3)27(29)21(7)19(24)5)14-23-12-16(2)26(28)20(6)18(23)4/h8-13,25,28-29H,14H2,1-7H3.